The number of hydrogen-bond acceptors (Lipinski definition) is 0. The van der Waals surface area contributed by atoms with Gasteiger partial charge in [-0.2, -0.15) is 0 Å². The Hall–Kier alpha value is 0.145. The van der Waals surface area contributed by atoms with Crippen molar-refractivity contribution in [3.63, 3.8) is 0 Å². The fraction of sp³-hybridized carbons (Fsp3) is 0.667. The predicted octanol–water partition coefficient (Wildman–Crippen LogP) is 5.44. The highest BCUT2D eigenvalue weighted by Gasteiger charge is 2.55. The van der Waals surface area contributed by atoms with Crippen molar-refractivity contribution in [1.82, 2.24) is 0 Å². The molecule has 0 aliphatic rings. The molecule has 0 N–H and O–H groups in total. The molecule has 0 spiro atoms. The molecule has 0 aromatic heterocycles. The summed E-state index contributed by atoms with van der Waals surface area (Å²) in [6.45, 7) is 19.7. The van der Waals surface area contributed by atoms with Crippen LogP contribution in [0.2, 0.25) is 0 Å². The Labute approximate surface area is 136 Å². The van der Waals surface area contributed by atoms with Gasteiger partial charge in [0.25, 0.3) is 0 Å². The van der Waals surface area contributed by atoms with Gasteiger partial charge < -0.3 is 0 Å². The Balaban J connectivity index is 3.34. The maximum absolute atomic E-state index is 2.46. The van der Waals surface area contributed by atoms with Gasteiger partial charge >= 0.3 is 6.15 Å². The molecule has 1 aromatic carbocycles. The average Bonchev–Trinajstić information content (AvgIpc) is 2.37. The van der Waals surface area contributed by atoms with Crippen LogP contribution >= 0.6 is 15.6 Å². The molecule has 0 bridgehead atoms. The lowest BCUT2D eigenvalue weighted by atomic mass is 9.92. The maximum atomic E-state index is 2.46. The second-order valence-corrected chi connectivity index (χ2v) is 15.8. The van der Waals surface area contributed by atoms with E-state index in [-0.39, 0.29) is 0 Å². The number of benzene rings is 1. The van der Waals surface area contributed by atoms with Crippen LogP contribution in [0.3, 0.4) is 0 Å². The van der Waals surface area contributed by atoms with Gasteiger partial charge in [0, 0.05) is 21.1 Å². The first-order chi connectivity index (χ1) is 9.77. The molecule has 1 rings (SSSR count). The molecule has 0 saturated carbocycles. The summed E-state index contributed by atoms with van der Waals surface area (Å²) in [6.07, 6.45) is 0.862. The minimum absolute atomic E-state index is 0.412. The topological polar surface area (TPSA) is 0 Å². The largest absolute Gasteiger partial charge is 0.554 e. The van der Waals surface area contributed by atoms with Gasteiger partial charge in [-0.3, -0.25) is 0 Å². The Morgan fingerprint density at radius 1 is 0.619 bits per heavy atom. The lowest BCUT2D eigenvalue weighted by Gasteiger charge is -2.28. The first kappa shape index (κ1) is 19.2. The van der Waals surface area contributed by atoms with Crippen molar-refractivity contribution in [2.24, 2.45) is 0 Å². The molecule has 3 heteroatoms. The zero-order valence-electron chi connectivity index (χ0n) is 15.3. The molecule has 0 radical (unpaired) electrons. The van der Waals surface area contributed by atoms with Crippen LogP contribution in [0.15, 0.2) is 30.3 Å². The molecular weight excluding hydrogens is 289 g/mol. The van der Waals surface area contributed by atoms with Gasteiger partial charge in [-0.05, 0) is 55.4 Å². The van der Waals surface area contributed by atoms with E-state index in [1.807, 2.05) is 0 Å². The maximum Gasteiger partial charge on any atom is 0.554 e. The van der Waals surface area contributed by atoms with Crippen molar-refractivity contribution in [3.8, 4) is 0 Å². The van der Waals surface area contributed by atoms with Gasteiger partial charge in [0.05, 0.1) is 22.6 Å². The molecule has 0 aliphatic carbocycles. The highest BCUT2D eigenvalue weighted by atomic mass is 31.2. The molecule has 0 nitrogen and oxygen atoms in total. The van der Waals surface area contributed by atoms with Crippen molar-refractivity contribution in [3.05, 3.63) is 30.3 Å². The van der Waals surface area contributed by atoms with Crippen LogP contribution in [0.25, 0.3) is 0 Å². The average molecular weight is 324 g/mol. The van der Waals surface area contributed by atoms with Crippen molar-refractivity contribution >= 4 is 27.2 Å². The molecule has 0 unspecified atom stereocenters. The van der Waals surface area contributed by atoms with Crippen LogP contribution in [-0.4, -0.2) is 28.8 Å². The third-order valence-electron chi connectivity index (χ3n) is 4.47. The van der Waals surface area contributed by atoms with E-state index in [0.717, 1.165) is 28.8 Å². The Morgan fingerprint density at radius 2 is 0.952 bits per heavy atom. The summed E-state index contributed by atoms with van der Waals surface area (Å²) < 4.78 is 0. The summed E-state index contributed by atoms with van der Waals surface area (Å²) in [4.78, 5) is 0. The van der Waals surface area contributed by atoms with E-state index >= 15 is 0 Å². The van der Waals surface area contributed by atoms with Gasteiger partial charge in [-0.1, -0.05) is 30.3 Å². The highest BCUT2D eigenvalue weighted by molar-refractivity contribution is 8.22. The second-order valence-electron chi connectivity index (χ2n) is 7.46. The van der Waals surface area contributed by atoms with Crippen molar-refractivity contribution in [1.29, 1.82) is 0 Å². The van der Waals surface area contributed by atoms with Crippen LogP contribution < -0.4 is 5.46 Å². The summed E-state index contributed by atoms with van der Waals surface area (Å²) >= 11 is 0. The van der Waals surface area contributed by atoms with E-state index in [0.29, 0.717) is 0 Å². The van der Waals surface area contributed by atoms with Crippen molar-refractivity contribution < 1.29 is 0 Å². The van der Waals surface area contributed by atoms with Crippen molar-refractivity contribution in [2.45, 2.75) is 78.0 Å². The van der Waals surface area contributed by atoms with Crippen LogP contribution in [0, 0.1) is 0 Å². The van der Waals surface area contributed by atoms with E-state index in [1.54, 1.807) is 5.46 Å². The van der Waals surface area contributed by atoms with Crippen LogP contribution in [0.1, 0.15) is 55.4 Å². The number of hydrogen-bond donors (Lipinski definition) is 0. The molecule has 0 aliphatic heterocycles. The van der Waals surface area contributed by atoms with Crippen LogP contribution in [0.5, 0.6) is 0 Å². The molecule has 0 saturated heterocycles. The van der Waals surface area contributed by atoms with Crippen LogP contribution in [0.4, 0.5) is 0 Å². The third kappa shape index (κ3) is 5.08. The number of rotatable bonds is 7. The zero-order chi connectivity index (χ0) is 16.2. The fourth-order valence-corrected chi connectivity index (χ4v) is 15.9. The lowest BCUT2D eigenvalue weighted by molar-refractivity contribution is 1.02. The molecule has 21 heavy (non-hydrogen) atoms. The summed E-state index contributed by atoms with van der Waals surface area (Å²) in [5.74, 6) is 0. The van der Waals surface area contributed by atoms with E-state index < -0.39 is 15.6 Å². The van der Waals surface area contributed by atoms with E-state index in [9.17, 15) is 0 Å². The molecule has 0 heterocycles. The summed E-state index contributed by atoms with van der Waals surface area (Å²) in [5.41, 5.74) is 5.01. The van der Waals surface area contributed by atoms with Gasteiger partial charge in [0.1, 0.15) is 0 Å². The second kappa shape index (κ2) is 8.69. The molecule has 118 valence electrons. The lowest BCUT2D eigenvalue weighted by Crippen LogP contribution is -2.36. The van der Waals surface area contributed by atoms with Gasteiger partial charge in [0.15, 0.2) is 0 Å². The van der Waals surface area contributed by atoms with Crippen LogP contribution in [-0.2, 0) is 0 Å². The monoisotopic (exact) mass is 324 g/mol. The minimum Gasteiger partial charge on any atom is -0.0625 e. The standard InChI is InChI=1S/C18H33BP2/c1-14(2)20(15(3)4)19(18-12-10-9-11-13-18)21(16(5)6)17(7)8/h9-17H,1-8H3/p+2. The van der Waals surface area contributed by atoms with E-state index in [4.69, 9.17) is 0 Å². The quantitative estimate of drug-likeness (QED) is 0.462. The van der Waals surface area contributed by atoms with Crippen molar-refractivity contribution in [2.75, 3.05) is 0 Å². The fourth-order valence-electron chi connectivity index (χ4n) is 3.89. The summed E-state index contributed by atoms with van der Waals surface area (Å²) in [5, 5.41) is 0. The normalized spacial score (nSPS) is 12.5. The van der Waals surface area contributed by atoms with Gasteiger partial charge in [-0.15, -0.1) is 0 Å². The predicted molar refractivity (Wildman–Crippen MR) is 109 cm³/mol. The highest BCUT2D eigenvalue weighted by Crippen LogP contribution is 2.63. The smallest absolute Gasteiger partial charge is 0.0625 e. The van der Waals surface area contributed by atoms with E-state index in [2.05, 4.69) is 85.7 Å². The molecule has 0 fully saturated rings. The molecule has 0 atom stereocenters. The third-order valence-corrected chi connectivity index (χ3v) is 13.8. The molecular formula is C18H35BP2+2. The molecule has 1 aromatic rings. The Kier molecular flexibility index (Phi) is 7.94. The minimum atomic E-state index is -0.412. The summed E-state index contributed by atoms with van der Waals surface area (Å²) in [6, 6.07) is 11.4. The first-order valence-electron chi connectivity index (χ1n) is 8.55. The van der Waals surface area contributed by atoms with Gasteiger partial charge in [0.2, 0.25) is 0 Å². The van der Waals surface area contributed by atoms with E-state index in [1.165, 1.54) is 0 Å². The van der Waals surface area contributed by atoms with Gasteiger partial charge in [-0.25, -0.2) is 0 Å². The SMILES string of the molecule is CC(C)[PH+](B(c1ccccc1)[PH+](C(C)C)C(C)C)C(C)C. The Morgan fingerprint density at radius 3 is 1.24 bits per heavy atom. The summed E-state index contributed by atoms with van der Waals surface area (Å²) in [7, 11) is -0.824. The Bertz CT molecular complexity index is 365. The zero-order valence-corrected chi connectivity index (χ0v) is 17.3. The molecule has 0 amide bonds. The first-order valence-corrected chi connectivity index (χ1v) is 12.0.